The molecule has 0 heterocycles. The Hall–Kier alpha value is -1.71. The van der Waals surface area contributed by atoms with E-state index in [4.69, 9.17) is 9.84 Å². The van der Waals surface area contributed by atoms with Crippen molar-refractivity contribution in [1.82, 2.24) is 0 Å². The van der Waals surface area contributed by atoms with Gasteiger partial charge in [-0.1, -0.05) is 20.8 Å². The fourth-order valence-electron chi connectivity index (χ4n) is 1.79. The standard InChI is InChI=1S/C15H22O4/c1-5-15(3,4)12-9-11(8-10(2)14(12)18)19-7-6-13(16)17/h8-9,18H,5-7H2,1-4H3,(H,16,17). The van der Waals surface area contributed by atoms with Crippen molar-refractivity contribution in [3.05, 3.63) is 23.3 Å². The van der Waals surface area contributed by atoms with Gasteiger partial charge in [-0.3, -0.25) is 4.79 Å². The summed E-state index contributed by atoms with van der Waals surface area (Å²) in [6.45, 7) is 8.12. The summed E-state index contributed by atoms with van der Waals surface area (Å²) >= 11 is 0. The van der Waals surface area contributed by atoms with Gasteiger partial charge in [0.05, 0.1) is 13.0 Å². The lowest BCUT2D eigenvalue weighted by atomic mass is 9.81. The van der Waals surface area contributed by atoms with Crippen LogP contribution in [0.2, 0.25) is 0 Å². The molecule has 0 saturated heterocycles. The van der Waals surface area contributed by atoms with Gasteiger partial charge in [-0.15, -0.1) is 0 Å². The highest BCUT2D eigenvalue weighted by molar-refractivity contribution is 5.66. The number of rotatable bonds is 6. The molecule has 106 valence electrons. The van der Waals surface area contributed by atoms with Crippen molar-refractivity contribution < 1.29 is 19.7 Å². The van der Waals surface area contributed by atoms with E-state index in [0.717, 1.165) is 17.5 Å². The number of phenolic OH excluding ortho intramolecular Hbond substituents is 1. The highest BCUT2D eigenvalue weighted by atomic mass is 16.5. The van der Waals surface area contributed by atoms with Crippen molar-refractivity contribution >= 4 is 5.97 Å². The Morgan fingerprint density at radius 1 is 1.37 bits per heavy atom. The fraction of sp³-hybridized carbons (Fsp3) is 0.533. The molecule has 0 fully saturated rings. The number of carbonyl (C=O) groups is 1. The number of benzene rings is 1. The molecule has 0 aliphatic carbocycles. The lowest BCUT2D eigenvalue weighted by Crippen LogP contribution is -2.16. The third kappa shape index (κ3) is 3.88. The lowest BCUT2D eigenvalue weighted by Gasteiger charge is -2.26. The molecule has 4 nitrogen and oxygen atoms in total. The maximum Gasteiger partial charge on any atom is 0.306 e. The van der Waals surface area contributed by atoms with Crippen LogP contribution in [0.3, 0.4) is 0 Å². The van der Waals surface area contributed by atoms with Gasteiger partial charge in [-0.05, 0) is 36.5 Å². The molecule has 0 aromatic heterocycles. The first-order valence-corrected chi connectivity index (χ1v) is 6.46. The fourth-order valence-corrected chi connectivity index (χ4v) is 1.79. The number of aliphatic carboxylic acids is 1. The van der Waals surface area contributed by atoms with Crippen LogP contribution in [-0.2, 0) is 10.2 Å². The first-order valence-electron chi connectivity index (χ1n) is 6.46. The van der Waals surface area contributed by atoms with E-state index in [0.29, 0.717) is 5.75 Å². The van der Waals surface area contributed by atoms with E-state index >= 15 is 0 Å². The number of aryl methyl sites for hydroxylation is 1. The largest absolute Gasteiger partial charge is 0.507 e. The maximum atomic E-state index is 10.5. The van der Waals surface area contributed by atoms with Crippen LogP contribution in [-0.4, -0.2) is 22.8 Å². The minimum Gasteiger partial charge on any atom is -0.507 e. The summed E-state index contributed by atoms with van der Waals surface area (Å²) in [5, 5.41) is 18.7. The highest BCUT2D eigenvalue weighted by Crippen LogP contribution is 2.38. The zero-order valence-electron chi connectivity index (χ0n) is 12.0. The predicted molar refractivity (Wildman–Crippen MR) is 73.9 cm³/mol. The van der Waals surface area contributed by atoms with Gasteiger partial charge in [0.2, 0.25) is 0 Å². The lowest BCUT2D eigenvalue weighted by molar-refractivity contribution is -0.137. The monoisotopic (exact) mass is 266 g/mol. The quantitative estimate of drug-likeness (QED) is 0.829. The summed E-state index contributed by atoms with van der Waals surface area (Å²) in [4.78, 5) is 10.5. The molecule has 0 unspecified atom stereocenters. The number of hydrogen-bond acceptors (Lipinski definition) is 3. The number of hydrogen-bond donors (Lipinski definition) is 2. The normalized spacial score (nSPS) is 11.4. The van der Waals surface area contributed by atoms with E-state index in [9.17, 15) is 9.90 Å². The van der Waals surface area contributed by atoms with E-state index in [1.807, 2.05) is 6.92 Å². The van der Waals surface area contributed by atoms with Crippen LogP contribution in [0.4, 0.5) is 0 Å². The van der Waals surface area contributed by atoms with Gasteiger partial charge in [0.1, 0.15) is 11.5 Å². The second kappa shape index (κ2) is 5.95. The summed E-state index contributed by atoms with van der Waals surface area (Å²) in [5.41, 5.74) is 1.42. The average Bonchev–Trinajstić information content (AvgIpc) is 2.32. The van der Waals surface area contributed by atoms with Crippen LogP contribution in [0.5, 0.6) is 11.5 Å². The zero-order valence-corrected chi connectivity index (χ0v) is 12.0. The molecule has 1 rings (SSSR count). The smallest absolute Gasteiger partial charge is 0.306 e. The topological polar surface area (TPSA) is 66.8 Å². The molecule has 0 spiro atoms. The molecule has 0 amide bonds. The summed E-state index contributed by atoms with van der Waals surface area (Å²) in [5.74, 6) is 0.00937. The van der Waals surface area contributed by atoms with E-state index in [-0.39, 0.29) is 24.2 Å². The molecule has 2 N–H and O–H groups in total. The second-order valence-electron chi connectivity index (χ2n) is 5.37. The molecular weight excluding hydrogens is 244 g/mol. The van der Waals surface area contributed by atoms with Crippen molar-refractivity contribution in [1.29, 1.82) is 0 Å². The van der Waals surface area contributed by atoms with Crippen LogP contribution in [0.25, 0.3) is 0 Å². The molecule has 1 aromatic rings. The Bertz CT molecular complexity index is 463. The summed E-state index contributed by atoms with van der Waals surface area (Å²) in [6.07, 6.45) is 0.852. The van der Waals surface area contributed by atoms with E-state index in [1.165, 1.54) is 0 Å². The van der Waals surface area contributed by atoms with Crippen LogP contribution in [0.1, 0.15) is 44.7 Å². The summed E-state index contributed by atoms with van der Waals surface area (Å²) in [7, 11) is 0. The Balaban J connectivity index is 3.00. The number of ether oxygens (including phenoxy) is 1. The van der Waals surface area contributed by atoms with E-state index < -0.39 is 5.97 Å². The van der Waals surface area contributed by atoms with Gasteiger partial charge < -0.3 is 14.9 Å². The number of carboxylic acids is 1. The molecule has 0 aliphatic rings. The minimum absolute atomic E-state index is 0.0353. The van der Waals surface area contributed by atoms with Gasteiger partial charge in [-0.2, -0.15) is 0 Å². The molecular formula is C15H22O4. The number of phenols is 1. The number of carboxylic acid groups (broad SMARTS) is 1. The molecule has 19 heavy (non-hydrogen) atoms. The second-order valence-corrected chi connectivity index (χ2v) is 5.37. The van der Waals surface area contributed by atoms with Crippen molar-refractivity contribution in [3.8, 4) is 11.5 Å². The van der Waals surface area contributed by atoms with Gasteiger partial charge in [-0.25, -0.2) is 0 Å². The SMILES string of the molecule is CCC(C)(C)c1cc(OCCC(=O)O)cc(C)c1O. The molecule has 1 aromatic carbocycles. The molecule has 0 atom stereocenters. The Morgan fingerprint density at radius 3 is 2.53 bits per heavy atom. The van der Waals surface area contributed by atoms with Crippen LogP contribution >= 0.6 is 0 Å². The van der Waals surface area contributed by atoms with Crippen LogP contribution < -0.4 is 4.74 Å². The minimum atomic E-state index is -0.885. The maximum absolute atomic E-state index is 10.5. The van der Waals surface area contributed by atoms with Crippen LogP contribution in [0, 0.1) is 6.92 Å². The molecule has 0 bridgehead atoms. The summed E-state index contributed by atoms with van der Waals surface area (Å²) in [6, 6.07) is 3.53. The third-order valence-corrected chi connectivity index (χ3v) is 3.47. The Morgan fingerprint density at radius 2 is 2.00 bits per heavy atom. The molecule has 0 aliphatic heterocycles. The first-order chi connectivity index (χ1) is 8.77. The van der Waals surface area contributed by atoms with Gasteiger partial charge in [0.15, 0.2) is 0 Å². The first kappa shape index (κ1) is 15.3. The van der Waals surface area contributed by atoms with Crippen LogP contribution in [0.15, 0.2) is 12.1 Å². The summed E-state index contributed by atoms with van der Waals surface area (Å²) < 4.78 is 5.44. The highest BCUT2D eigenvalue weighted by Gasteiger charge is 2.23. The van der Waals surface area contributed by atoms with Crippen molar-refractivity contribution in [2.24, 2.45) is 0 Å². The predicted octanol–water partition coefficient (Wildman–Crippen LogP) is 3.24. The zero-order chi connectivity index (χ0) is 14.6. The molecule has 0 saturated carbocycles. The van der Waals surface area contributed by atoms with Gasteiger partial charge in [0, 0.05) is 5.56 Å². The van der Waals surface area contributed by atoms with E-state index in [2.05, 4.69) is 20.8 Å². The van der Waals surface area contributed by atoms with Crippen molar-refractivity contribution in [3.63, 3.8) is 0 Å². The molecule has 0 radical (unpaired) electrons. The van der Waals surface area contributed by atoms with Gasteiger partial charge in [0.25, 0.3) is 0 Å². The Kier molecular flexibility index (Phi) is 4.81. The van der Waals surface area contributed by atoms with Crippen molar-refractivity contribution in [2.75, 3.05) is 6.61 Å². The third-order valence-electron chi connectivity index (χ3n) is 3.47. The average molecular weight is 266 g/mol. The van der Waals surface area contributed by atoms with Gasteiger partial charge >= 0.3 is 5.97 Å². The van der Waals surface area contributed by atoms with Crippen molar-refractivity contribution in [2.45, 2.75) is 46.0 Å². The molecule has 4 heteroatoms. The van der Waals surface area contributed by atoms with E-state index in [1.54, 1.807) is 12.1 Å². The Labute approximate surface area is 114 Å². The number of aromatic hydroxyl groups is 1.